The molecule has 3 heterocycles. The van der Waals surface area contributed by atoms with Gasteiger partial charge in [0.15, 0.2) is 0 Å². The SMILES string of the molecule is CCCN(CC)CCNc1nc(C)c(-c2nc3c(C)nccc3s2)c(NC)n1. The van der Waals surface area contributed by atoms with Crippen LogP contribution >= 0.6 is 11.3 Å². The van der Waals surface area contributed by atoms with Gasteiger partial charge in [-0.1, -0.05) is 13.8 Å². The minimum Gasteiger partial charge on any atom is -0.372 e. The second-order valence-corrected chi connectivity index (χ2v) is 7.76. The van der Waals surface area contributed by atoms with Gasteiger partial charge in [0.05, 0.1) is 21.7 Å². The molecule has 0 aromatic carbocycles. The summed E-state index contributed by atoms with van der Waals surface area (Å²) in [4.78, 5) is 21.0. The monoisotopic (exact) mass is 399 g/mol. The summed E-state index contributed by atoms with van der Waals surface area (Å²) in [5.74, 6) is 1.44. The maximum Gasteiger partial charge on any atom is 0.224 e. The van der Waals surface area contributed by atoms with E-state index in [1.54, 1.807) is 11.3 Å². The van der Waals surface area contributed by atoms with Gasteiger partial charge >= 0.3 is 0 Å². The second kappa shape index (κ2) is 9.25. The number of nitrogens with zero attached hydrogens (tertiary/aromatic N) is 5. The number of thiazole rings is 1. The highest BCUT2D eigenvalue weighted by molar-refractivity contribution is 7.21. The smallest absolute Gasteiger partial charge is 0.224 e. The van der Waals surface area contributed by atoms with Crippen molar-refractivity contribution in [3.63, 3.8) is 0 Å². The molecule has 2 N–H and O–H groups in total. The third kappa shape index (κ3) is 4.39. The first-order valence-electron chi connectivity index (χ1n) is 9.82. The number of likely N-dealkylation sites (N-methyl/N-ethyl adjacent to an activating group) is 1. The zero-order chi connectivity index (χ0) is 20.1. The quantitative estimate of drug-likeness (QED) is 0.564. The normalized spacial score (nSPS) is 11.4. The Labute approximate surface area is 170 Å². The van der Waals surface area contributed by atoms with Crippen LogP contribution in [0.2, 0.25) is 0 Å². The van der Waals surface area contributed by atoms with E-state index >= 15 is 0 Å². The number of rotatable bonds is 9. The first-order valence-corrected chi connectivity index (χ1v) is 10.6. The molecule has 8 heteroatoms. The number of anilines is 2. The molecule has 0 aliphatic rings. The van der Waals surface area contributed by atoms with Gasteiger partial charge in [-0.2, -0.15) is 4.98 Å². The van der Waals surface area contributed by atoms with Crippen LogP contribution in [0.15, 0.2) is 12.3 Å². The van der Waals surface area contributed by atoms with Crippen molar-refractivity contribution in [2.45, 2.75) is 34.1 Å². The van der Waals surface area contributed by atoms with Crippen LogP contribution in [0.25, 0.3) is 20.8 Å². The molecular weight excluding hydrogens is 370 g/mol. The van der Waals surface area contributed by atoms with Gasteiger partial charge in [0.25, 0.3) is 0 Å². The van der Waals surface area contributed by atoms with Crippen LogP contribution < -0.4 is 10.6 Å². The van der Waals surface area contributed by atoms with Gasteiger partial charge < -0.3 is 15.5 Å². The van der Waals surface area contributed by atoms with Gasteiger partial charge in [0, 0.05) is 26.3 Å². The van der Waals surface area contributed by atoms with Crippen molar-refractivity contribution in [1.82, 2.24) is 24.8 Å². The Kier molecular flexibility index (Phi) is 6.74. The standard InChI is InChI=1S/C20H29N7S/c1-6-11-27(7-2)12-10-23-20-24-13(3)16(18(21-5)26-20)19-25-17-14(4)22-9-8-15(17)28-19/h8-9H,6-7,10-12H2,1-5H3,(H2,21,23,24,26). The van der Waals surface area contributed by atoms with Crippen molar-refractivity contribution in [2.24, 2.45) is 0 Å². The number of pyridine rings is 1. The van der Waals surface area contributed by atoms with Crippen molar-refractivity contribution in [1.29, 1.82) is 0 Å². The zero-order valence-corrected chi connectivity index (χ0v) is 18.2. The molecule has 28 heavy (non-hydrogen) atoms. The predicted molar refractivity (Wildman–Crippen MR) is 118 cm³/mol. The average Bonchev–Trinajstić information content (AvgIpc) is 3.11. The number of aromatic nitrogens is 4. The first-order chi connectivity index (χ1) is 13.6. The van der Waals surface area contributed by atoms with E-state index in [9.17, 15) is 0 Å². The molecule has 0 amide bonds. The van der Waals surface area contributed by atoms with Crippen molar-refractivity contribution >= 4 is 33.3 Å². The maximum atomic E-state index is 4.81. The summed E-state index contributed by atoms with van der Waals surface area (Å²) in [6.07, 6.45) is 2.99. The molecule has 3 rings (SSSR count). The Balaban J connectivity index is 1.84. The molecule has 0 fully saturated rings. The summed E-state index contributed by atoms with van der Waals surface area (Å²) in [6.45, 7) is 12.4. The third-order valence-electron chi connectivity index (χ3n) is 4.73. The van der Waals surface area contributed by atoms with E-state index < -0.39 is 0 Å². The minimum atomic E-state index is 0.650. The molecule has 3 aromatic heterocycles. The van der Waals surface area contributed by atoms with Crippen LogP contribution in [0.1, 0.15) is 31.7 Å². The number of fused-ring (bicyclic) bond motifs is 1. The fourth-order valence-corrected chi connectivity index (χ4v) is 4.36. The fraction of sp³-hybridized carbons (Fsp3) is 0.500. The summed E-state index contributed by atoms with van der Waals surface area (Å²) in [6, 6.07) is 2.00. The predicted octanol–water partition coefficient (Wildman–Crippen LogP) is 3.95. The van der Waals surface area contributed by atoms with Crippen LogP contribution in [-0.4, -0.2) is 58.1 Å². The molecule has 0 aliphatic carbocycles. The molecule has 7 nitrogen and oxygen atoms in total. The van der Waals surface area contributed by atoms with Crippen molar-refractivity contribution in [3.05, 3.63) is 23.7 Å². The summed E-state index contributed by atoms with van der Waals surface area (Å²) >= 11 is 1.65. The Bertz CT molecular complexity index is 938. The van der Waals surface area contributed by atoms with Crippen molar-refractivity contribution in [2.75, 3.05) is 43.9 Å². The van der Waals surface area contributed by atoms with Gasteiger partial charge in [-0.05, 0) is 39.4 Å². The first kappa shape index (κ1) is 20.4. The summed E-state index contributed by atoms with van der Waals surface area (Å²) in [5.41, 5.74) is 3.75. The fourth-order valence-electron chi connectivity index (χ4n) is 3.25. The van der Waals surface area contributed by atoms with E-state index in [1.165, 1.54) is 6.42 Å². The van der Waals surface area contributed by atoms with Gasteiger partial charge in [-0.3, -0.25) is 4.98 Å². The average molecular weight is 400 g/mol. The van der Waals surface area contributed by atoms with Gasteiger partial charge in [-0.25, -0.2) is 9.97 Å². The molecule has 0 unspecified atom stereocenters. The van der Waals surface area contributed by atoms with E-state index in [0.717, 1.165) is 64.2 Å². The second-order valence-electron chi connectivity index (χ2n) is 6.73. The van der Waals surface area contributed by atoms with E-state index in [0.29, 0.717) is 5.95 Å². The Morgan fingerprint density at radius 2 is 1.89 bits per heavy atom. The van der Waals surface area contributed by atoms with Gasteiger partial charge in [0.2, 0.25) is 5.95 Å². The largest absolute Gasteiger partial charge is 0.372 e. The van der Waals surface area contributed by atoms with Gasteiger partial charge in [-0.15, -0.1) is 11.3 Å². The van der Waals surface area contributed by atoms with E-state index in [4.69, 9.17) is 4.98 Å². The lowest BCUT2D eigenvalue weighted by Gasteiger charge is -2.19. The van der Waals surface area contributed by atoms with Gasteiger partial charge in [0.1, 0.15) is 16.3 Å². The zero-order valence-electron chi connectivity index (χ0n) is 17.3. The Hall–Kier alpha value is -2.32. The highest BCUT2D eigenvalue weighted by Gasteiger charge is 2.17. The lowest BCUT2D eigenvalue weighted by Crippen LogP contribution is -2.30. The number of nitrogens with one attached hydrogen (secondary N) is 2. The van der Waals surface area contributed by atoms with Crippen LogP contribution in [0.3, 0.4) is 0 Å². The van der Waals surface area contributed by atoms with Crippen molar-refractivity contribution in [3.8, 4) is 10.6 Å². The molecule has 0 saturated heterocycles. The minimum absolute atomic E-state index is 0.650. The summed E-state index contributed by atoms with van der Waals surface area (Å²) in [5, 5.41) is 7.50. The molecule has 0 bridgehead atoms. The molecule has 150 valence electrons. The maximum absolute atomic E-state index is 4.81. The molecule has 0 saturated carbocycles. The van der Waals surface area contributed by atoms with E-state index in [-0.39, 0.29) is 0 Å². The van der Waals surface area contributed by atoms with Crippen LogP contribution in [0, 0.1) is 13.8 Å². The molecule has 3 aromatic rings. The van der Waals surface area contributed by atoms with Crippen molar-refractivity contribution < 1.29 is 0 Å². The van der Waals surface area contributed by atoms with Crippen LogP contribution in [0.5, 0.6) is 0 Å². The number of hydrogen-bond acceptors (Lipinski definition) is 8. The summed E-state index contributed by atoms with van der Waals surface area (Å²) in [7, 11) is 1.88. The van der Waals surface area contributed by atoms with E-state index in [2.05, 4.69) is 44.3 Å². The third-order valence-corrected chi connectivity index (χ3v) is 5.77. The molecule has 0 radical (unpaired) electrons. The molecular formula is C20H29N7S. The molecule has 0 atom stereocenters. The summed E-state index contributed by atoms with van der Waals surface area (Å²) < 4.78 is 1.13. The number of aryl methyl sites for hydroxylation is 2. The van der Waals surface area contributed by atoms with Crippen LogP contribution in [0.4, 0.5) is 11.8 Å². The highest BCUT2D eigenvalue weighted by atomic mass is 32.1. The van der Waals surface area contributed by atoms with Crippen LogP contribution in [-0.2, 0) is 0 Å². The van der Waals surface area contributed by atoms with E-state index in [1.807, 2.05) is 33.2 Å². The highest BCUT2D eigenvalue weighted by Crippen LogP contribution is 2.36. The Morgan fingerprint density at radius 1 is 1.07 bits per heavy atom. The molecule has 0 spiro atoms. The Morgan fingerprint density at radius 3 is 2.57 bits per heavy atom. The lowest BCUT2D eigenvalue weighted by atomic mass is 10.2. The topological polar surface area (TPSA) is 78.9 Å². The molecule has 0 aliphatic heterocycles. The lowest BCUT2D eigenvalue weighted by molar-refractivity contribution is 0.300. The number of hydrogen-bond donors (Lipinski definition) is 2.